The predicted molar refractivity (Wildman–Crippen MR) is 125 cm³/mol. The van der Waals surface area contributed by atoms with Gasteiger partial charge in [-0.25, -0.2) is 4.79 Å². The molecule has 0 unspecified atom stereocenters. The Morgan fingerprint density at radius 2 is 2.03 bits per heavy atom. The highest BCUT2D eigenvalue weighted by Gasteiger charge is 2.16. The summed E-state index contributed by atoms with van der Waals surface area (Å²) in [5.41, 5.74) is 2.64. The Balaban J connectivity index is 1.74. The highest BCUT2D eigenvalue weighted by Crippen LogP contribution is 2.25. The topological polar surface area (TPSA) is 103 Å². The number of rotatable bonds is 10. The summed E-state index contributed by atoms with van der Waals surface area (Å²) < 4.78 is 15.9. The summed E-state index contributed by atoms with van der Waals surface area (Å²) in [5, 5.41) is 18.4. The van der Waals surface area contributed by atoms with Crippen LogP contribution in [-0.2, 0) is 21.0 Å². The van der Waals surface area contributed by atoms with E-state index in [0.29, 0.717) is 33.9 Å². The highest BCUT2D eigenvalue weighted by molar-refractivity contribution is 6.55. The molecule has 172 valence electrons. The second kappa shape index (κ2) is 11.4. The molecular formula is C23H20Cl2N2O6. The lowest BCUT2D eigenvalue weighted by Crippen LogP contribution is -2.05. The molecule has 3 rings (SSSR count). The number of halogens is 2. The molecule has 0 amide bonds. The number of nitrogens with zero attached hydrogens (tertiary/aromatic N) is 2. The molecule has 0 aliphatic heterocycles. The largest absolute Gasteiger partial charge is 0.503 e. The first-order chi connectivity index (χ1) is 15.9. The van der Waals surface area contributed by atoms with Crippen LogP contribution in [0.5, 0.6) is 5.75 Å². The number of aliphatic carboxylic acids is 1. The molecule has 1 aromatic heterocycles. The molecular weight excluding hydrogens is 471 g/mol. The monoisotopic (exact) mass is 490 g/mol. The number of hydrogen-bond acceptors (Lipinski definition) is 7. The summed E-state index contributed by atoms with van der Waals surface area (Å²) in [6.45, 7) is 1.99. The zero-order valence-electron chi connectivity index (χ0n) is 17.7. The predicted octanol–water partition coefficient (Wildman–Crippen LogP) is 5.54. The molecule has 1 heterocycles. The molecule has 1 N–H and O–H groups in total. The van der Waals surface area contributed by atoms with Gasteiger partial charge in [-0.05, 0) is 30.7 Å². The third-order valence-electron chi connectivity index (χ3n) is 4.47. The second-order valence-electron chi connectivity index (χ2n) is 6.67. The molecule has 3 aromatic rings. The Morgan fingerprint density at radius 3 is 2.76 bits per heavy atom. The van der Waals surface area contributed by atoms with E-state index < -0.39 is 5.97 Å². The number of carboxylic acid groups (broad SMARTS) is 1. The molecule has 0 aliphatic carbocycles. The van der Waals surface area contributed by atoms with E-state index in [9.17, 15) is 9.90 Å². The van der Waals surface area contributed by atoms with Crippen LogP contribution in [0.1, 0.15) is 23.7 Å². The molecule has 0 radical (unpaired) electrons. The number of carboxylic acids is 1. The van der Waals surface area contributed by atoms with E-state index in [0.717, 1.165) is 5.39 Å². The van der Waals surface area contributed by atoms with Crippen molar-refractivity contribution in [1.82, 2.24) is 5.16 Å². The lowest BCUT2D eigenvalue weighted by molar-refractivity contribution is -0.130. The standard InChI is InChI=1S/C23H20Cl2N2O6/c1-14(22-18-8-7-16(11-20(18)33-27-22)31-10-9-21(24)25)26-32-12-15-5-3-4-6-17(15)19(13-30-2)23(28)29/h3-9,11,13H,10,12H2,1-2H3,(H,28,29)/b19-13+,26-14-. The zero-order valence-corrected chi connectivity index (χ0v) is 19.3. The van der Waals surface area contributed by atoms with Crippen molar-refractivity contribution in [3.63, 3.8) is 0 Å². The second-order valence-corrected chi connectivity index (χ2v) is 7.68. The summed E-state index contributed by atoms with van der Waals surface area (Å²) in [5.74, 6) is -0.542. The van der Waals surface area contributed by atoms with Crippen molar-refractivity contribution >= 4 is 51.4 Å². The average Bonchev–Trinajstić information content (AvgIpc) is 3.21. The molecule has 8 nitrogen and oxygen atoms in total. The van der Waals surface area contributed by atoms with Crippen molar-refractivity contribution in [3.05, 3.63) is 76.1 Å². The highest BCUT2D eigenvalue weighted by atomic mass is 35.5. The van der Waals surface area contributed by atoms with E-state index >= 15 is 0 Å². The van der Waals surface area contributed by atoms with Gasteiger partial charge in [-0.15, -0.1) is 0 Å². The van der Waals surface area contributed by atoms with E-state index in [4.69, 9.17) is 42.0 Å². The van der Waals surface area contributed by atoms with Gasteiger partial charge in [0.15, 0.2) is 5.58 Å². The number of fused-ring (bicyclic) bond motifs is 1. The number of methoxy groups -OCH3 is 1. The Hall–Kier alpha value is -3.49. The van der Waals surface area contributed by atoms with Crippen LogP contribution in [0.25, 0.3) is 16.5 Å². The van der Waals surface area contributed by atoms with Crippen molar-refractivity contribution in [2.75, 3.05) is 13.7 Å². The first-order valence-corrected chi connectivity index (χ1v) is 10.4. The lowest BCUT2D eigenvalue weighted by Gasteiger charge is -2.09. The average molecular weight is 491 g/mol. The minimum absolute atomic E-state index is 0.0155. The van der Waals surface area contributed by atoms with E-state index in [1.165, 1.54) is 19.4 Å². The molecule has 0 saturated carbocycles. The molecule has 0 bridgehead atoms. The third-order valence-corrected chi connectivity index (χ3v) is 4.78. The molecule has 0 aliphatic rings. The van der Waals surface area contributed by atoms with Gasteiger partial charge in [-0.2, -0.15) is 0 Å². The van der Waals surface area contributed by atoms with Crippen molar-refractivity contribution < 1.29 is 28.7 Å². The van der Waals surface area contributed by atoms with E-state index in [2.05, 4.69) is 10.3 Å². The molecule has 0 spiro atoms. The fourth-order valence-corrected chi connectivity index (χ4v) is 3.09. The number of aromatic nitrogens is 1. The van der Waals surface area contributed by atoms with Crippen LogP contribution >= 0.6 is 23.2 Å². The maximum absolute atomic E-state index is 11.6. The van der Waals surface area contributed by atoms with E-state index in [-0.39, 0.29) is 23.3 Å². The minimum atomic E-state index is -1.11. The zero-order chi connectivity index (χ0) is 23.8. The van der Waals surface area contributed by atoms with E-state index in [1.807, 2.05) is 0 Å². The Bertz CT molecular complexity index is 1230. The van der Waals surface area contributed by atoms with Gasteiger partial charge in [0.1, 0.15) is 40.4 Å². The maximum Gasteiger partial charge on any atom is 0.339 e. The number of carbonyl (C=O) groups is 1. The molecule has 0 fully saturated rings. The van der Waals surface area contributed by atoms with Gasteiger partial charge in [0.25, 0.3) is 0 Å². The smallest absolute Gasteiger partial charge is 0.339 e. The first-order valence-electron chi connectivity index (χ1n) is 9.65. The molecule has 10 heteroatoms. The molecule has 33 heavy (non-hydrogen) atoms. The Labute approximate surface area is 199 Å². The quantitative estimate of drug-likeness (QED) is 0.172. The van der Waals surface area contributed by atoms with Crippen LogP contribution in [-0.4, -0.2) is 35.7 Å². The SMILES string of the molecule is CO/C=C(/C(=O)O)c1ccccc1CO/N=C(/C)c1noc2cc(OCC=C(Cl)Cl)ccc12. The fourth-order valence-electron chi connectivity index (χ4n) is 2.97. The summed E-state index contributed by atoms with van der Waals surface area (Å²) in [6, 6.07) is 12.2. The van der Waals surface area contributed by atoms with Crippen LogP contribution in [0.2, 0.25) is 0 Å². The van der Waals surface area contributed by atoms with Gasteiger partial charge >= 0.3 is 5.97 Å². The minimum Gasteiger partial charge on any atom is -0.503 e. The summed E-state index contributed by atoms with van der Waals surface area (Å²) in [6.07, 6.45) is 2.70. The summed E-state index contributed by atoms with van der Waals surface area (Å²) in [7, 11) is 1.39. The van der Waals surface area contributed by atoms with Crippen LogP contribution < -0.4 is 4.74 Å². The van der Waals surface area contributed by atoms with Crippen molar-refractivity contribution in [3.8, 4) is 5.75 Å². The van der Waals surface area contributed by atoms with Gasteiger partial charge < -0.3 is 23.9 Å². The maximum atomic E-state index is 11.6. The first kappa shape index (κ1) is 24.2. The molecule has 0 atom stereocenters. The Morgan fingerprint density at radius 1 is 1.24 bits per heavy atom. The van der Waals surface area contributed by atoms with Crippen LogP contribution in [0.3, 0.4) is 0 Å². The number of hydrogen-bond donors (Lipinski definition) is 1. The normalized spacial score (nSPS) is 11.9. The van der Waals surface area contributed by atoms with Crippen LogP contribution in [0, 0.1) is 0 Å². The number of oxime groups is 1. The van der Waals surface area contributed by atoms with Crippen molar-refractivity contribution in [1.29, 1.82) is 0 Å². The van der Waals surface area contributed by atoms with Gasteiger partial charge in [0.2, 0.25) is 0 Å². The lowest BCUT2D eigenvalue weighted by atomic mass is 10.0. The van der Waals surface area contributed by atoms with Crippen molar-refractivity contribution in [2.24, 2.45) is 5.16 Å². The fraction of sp³-hybridized carbons (Fsp3) is 0.174. The van der Waals surface area contributed by atoms with Crippen molar-refractivity contribution in [2.45, 2.75) is 13.5 Å². The Kier molecular flexibility index (Phi) is 8.34. The van der Waals surface area contributed by atoms with Gasteiger partial charge in [0.05, 0.1) is 18.8 Å². The number of ether oxygens (including phenoxy) is 2. The molecule has 0 saturated heterocycles. The third kappa shape index (κ3) is 6.27. The number of benzene rings is 2. The van der Waals surface area contributed by atoms with Gasteiger partial charge in [-0.3, -0.25) is 0 Å². The van der Waals surface area contributed by atoms with Gasteiger partial charge in [-0.1, -0.05) is 57.8 Å². The summed E-state index contributed by atoms with van der Waals surface area (Å²) >= 11 is 11.1. The molecule has 2 aromatic carbocycles. The van der Waals surface area contributed by atoms with Gasteiger partial charge in [0, 0.05) is 11.6 Å². The summed E-state index contributed by atoms with van der Waals surface area (Å²) in [4.78, 5) is 17.0. The van der Waals surface area contributed by atoms with Crippen LogP contribution in [0.4, 0.5) is 0 Å². The van der Waals surface area contributed by atoms with Crippen LogP contribution in [0.15, 0.2) is 69.0 Å². The van der Waals surface area contributed by atoms with E-state index in [1.54, 1.807) is 49.4 Å².